The van der Waals surface area contributed by atoms with E-state index < -0.39 is 0 Å². The molecule has 0 unspecified atom stereocenters. The first-order chi connectivity index (χ1) is 12.9. The standard InChI is InChI=1S/C20H21ClN4O2/c1-13(2)18-23-19(27-24-18)15-7-9-17(10-8-15)22-20(26)25(3)12-14-5-4-6-16(21)11-14/h4-11,13H,12H2,1-3H3,(H,22,26). The van der Waals surface area contributed by atoms with Crippen LogP contribution in [0.2, 0.25) is 5.02 Å². The Morgan fingerprint density at radius 1 is 1.22 bits per heavy atom. The van der Waals surface area contributed by atoms with Crippen LogP contribution in [0.4, 0.5) is 10.5 Å². The van der Waals surface area contributed by atoms with Gasteiger partial charge < -0.3 is 14.7 Å². The lowest BCUT2D eigenvalue weighted by Gasteiger charge is -2.18. The third-order valence-corrected chi connectivity index (χ3v) is 4.23. The number of hydrogen-bond acceptors (Lipinski definition) is 4. The highest BCUT2D eigenvalue weighted by Gasteiger charge is 2.13. The Bertz CT molecular complexity index is 922. The first kappa shape index (κ1) is 18.9. The summed E-state index contributed by atoms with van der Waals surface area (Å²) in [4.78, 5) is 18.3. The van der Waals surface area contributed by atoms with Crippen LogP contribution < -0.4 is 5.32 Å². The van der Waals surface area contributed by atoms with E-state index >= 15 is 0 Å². The van der Waals surface area contributed by atoms with Gasteiger partial charge in [0.2, 0.25) is 0 Å². The lowest BCUT2D eigenvalue weighted by molar-refractivity contribution is 0.220. The number of nitrogens with zero attached hydrogens (tertiary/aromatic N) is 3. The predicted molar refractivity (Wildman–Crippen MR) is 106 cm³/mol. The average Bonchev–Trinajstić information content (AvgIpc) is 3.13. The van der Waals surface area contributed by atoms with E-state index in [1.54, 1.807) is 30.1 Å². The minimum atomic E-state index is -0.206. The van der Waals surface area contributed by atoms with Crippen molar-refractivity contribution in [3.63, 3.8) is 0 Å². The molecule has 0 fully saturated rings. The topological polar surface area (TPSA) is 71.3 Å². The number of urea groups is 1. The van der Waals surface area contributed by atoms with Gasteiger partial charge in [-0.3, -0.25) is 0 Å². The van der Waals surface area contributed by atoms with Gasteiger partial charge in [0.05, 0.1) is 0 Å². The largest absolute Gasteiger partial charge is 0.334 e. The quantitative estimate of drug-likeness (QED) is 0.658. The number of halogens is 1. The van der Waals surface area contributed by atoms with E-state index in [-0.39, 0.29) is 11.9 Å². The van der Waals surface area contributed by atoms with Gasteiger partial charge in [0.1, 0.15) is 0 Å². The Morgan fingerprint density at radius 2 is 1.96 bits per heavy atom. The minimum absolute atomic E-state index is 0.205. The van der Waals surface area contributed by atoms with E-state index in [4.69, 9.17) is 16.1 Å². The van der Waals surface area contributed by atoms with E-state index in [0.29, 0.717) is 29.0 Å². The van der Waals surface area contributed by atoms with Crippen LogP contribution >= 0.6 is 11.6 Å². The molecule has 140 valence electrons. The van der Waals surface area contributed by atoms with Gasteiger partial charge in [-0.15, -0.1) is 0 Å². The van der Waals surface area contributed by atoms with Crippen molar-refractivity contribution in [3.05, 3.63) is 64.9 Å². The molecule has 0 saturated heterocycles. The second-order valence-corrected chi connectivity index (χ2v) is 7.04. The van der Waals surface area contributed by atoms with Gasteiger partial charge in [-0.1, -0.05) is 42.7 Å². The van der Waals surface area contributed by atoms with Gasteiger partial charge in [0, 0.05) is 35.8 Å². The van der Waals surface area contributed by atoms with Gasteiger partial charge in [-0.2, -0.15) is 4.98 Å². The summed E-state index contributed by atoms with van der Waals surface area (Å²) in [5.41, 5.74) is 2.46. The highest BCUT2D eigenvalue weighted by atomic mass is 35.5. The van der Waals surface area contributed by atoms with Gasteiger partial charge >= 0.3 is 6.03 Å². The third-order valence-electron chi connectivity index (χ3n) is 4.00. The predicted octanol–water partition coefficient (Wildman–Crippen LogP) is 5.18. The Labute approximate surface area is 163 Å². The van der Waals surface area contributed by atoms with E-state index in [0.717, 1.165) is 11.1 Å². The number of carbonyl (C=O) groups excluding carboxylic acids is 1. The van der Waals surface area contributed by atoms with Crippen LogP contribution in [0, 0.1) is 0 Å². The molecule has 7 heteroatoms. The first-order valence-electron chi connectivity index (χ1n) is 8.63. The van der Waals surface area contributed by atoms with Crippen LogP contribution in [-0.4, -0.2) is 28.1 Å². The van der Waals surface area contributed by atoms with Crippen LogP contribution in [0.15, 0.2) is 53.1 Å². The normalized spacial score (nSPS) is 10.9. The molecule has 1 aromatic heterocycles. The summed E-state index contributed by atoms with van der Waals surface area (Å²) >= 11 is 5.99. The number of carbonyl (C=O) groups is 1. The van der Waals surface area contributed by atoms with Crippen molar-refractivity contribution in [2.24, 2.45) is 0 Å². The molecule has 0 aliphatic rings. The van der Waals surface area contributed by atoms with Crippen molar-refractivity contribution in [1.82, 2.24) is 15.0 Å². The Kier molecular flexibility index (Phi) is 5.76. The monoisotopic (exact) mass is 384 g/mol. The van der Waals surface area contributed by atoms with Gasteiger partial charge in [-0.05, 0) is 42.0 Å². The maximum atomic E-state index is 12.4. The summed E-state index contributed by atoms with van der Waals surface area (Å²) in [7, 11) is 1.73. The van der Waals surface area contributed by atoms with Crippen molar-refractivity contribution in [2.45, 2.75) is 26.3 Å². The number of nitrogens with one attached hydrogen (secondary N) is 1. The maximum absolute atomic E-state index is 12.4. The molecule has 0 saturated carbocycles. The molecular formula is C20H21ClN4O2. The summed E-state index contributed by atoms with van der Waals surface area (Å²) in [6.45, 7) is 4.48. The Hall–Kier alpha value is -2.86. The van der Waals surface area contributed by atoms with Crippen molar-refractivity contribution in [3.8, 4) is 11.5 Å². The zero-order valence-electron chi connectivity index (χ0n) is 15.4. The number of anilines is 1. The fourth-order valence-corrected chi connectivity index (χ4v) is 2.70. The minimum Gasteiger partial charge on any atom is -0.334 e. The summed E-state index contributed by atoms with van der Waals surface area (Å²) in [5, 5.41) is 7.48. The average molecular weight is 385 g/mol. The van der Waals surface area contributed by atoms with Crippen LogP contribution in [0.3, 0.4) is 0 Å². The van der Waals surface area contributed by atoms with Crippen LogP contribution in [0.1, 0.15) is 31.2 Å². The molecule has 0 radical (unpaired) electrons. The Balaban J connectivity index is 1.62. The molecule has 6 nitrogen and oxygen atoms in total. The van der Waals surface area contributed by atoms with Gasteiger partial charge in [0.15, 0.2) is 5.82 Å². The summed E-state index contributed by atoms with van der Waals surface area (Å²) in [6, 6.07) is 14.5. The lowest BCUT2D eigenvalue weighted by atomic mass is 10.2. The molecule has 0 aliphatic carbocycles. The van der Waals surface area contributed by atoms with Crippen molar-refractivity contribution >= 4 is 23.3 Å². The summed E-state index contributed by atoms with van der Waals surface area (Å²) < 4.78 is 5.28. The number of rotatable bonds is 5. The number of benzene rings is 2. The van der Waals surface area contributed by atoms with Crippen molar-refractivity contribution in [2.75, 3.05) is 12.4 Å². The molecule has 0 atom stereocenters. The molecular weight excluding hydrogens is 364 g/mol. The number of amides is 2. The highest BCUT2D eigenvalue weighted by molar-refractivity contribution is 6.30. The fraction of sp³-hybridized carbons (Fsp3) is 0.250. The molecule has 2 aromatic carbocycles. The van der Waals surface area contributed by atoms with Gasteiger partial charge in [0.25, 0.3) is 5.89 Å². The van der Waals surface area contributed by atoms with Crippen LogP contribution in [0.25, 0.3) is 11.5 Å². The molecule has 27 heavy (non-hydrogen) atoms. The molecule has 1 heterocycles. The van der Waals surface area contributed by atoms with Crippen molar-refractivity contribution in [1.29, 1.82) is 0 Å². The first-order valence-corrected chi connectivity index (χ1v) is 9.01. The lowest BCUT2D eigenvalue weighted by Crippen LogP contribution is -2.30. The molecule has 0 aliphatic heterocycles. The van der Waals surface area contributed by atoms with E-state index in [2.05, 4.69) is 15.5 Å². The van der Waals surface area contributed by atoms with E-state index in [9.17, 15) is 4.79 Å². The van der Waals surface area contributed by atoms with Gasteiger partial charge in [-0.25, -0.2) is 4.79 Å². The third kappa shape index (κ3) is 4.86. The number of hydrogen-bond donors (Lipinski definition) is 1. The van der Waals surface area contributed by atoms with E-state index in [1.807, 2.05) is 44.2 Å². The molecule has 0 bridgehead atoms. The van der Waals surface area contributed by atoms with E-state index in [1.165, 1.54) is 0 Å². The van der Waals surface area contributed by atoms with Crippen molar-refractivity contribution < 1.29 is 9.32 Å². The highest BCUT2D eigenvalue weighted by Crippen LogP contribution is 2.22. The maximum Gasteiger partial charge on any atom is 0.321 e. The second-order valence-electron chi connectivity index (χ2n) is 6.61. The number of aromatic nitrogens is 2. The summed E-state index contributed by atoms with van der Waals surface area (Å²) in [5.74, 6) is 1.34. The van der Waals surface area contributed by atoms with Crippen LogP contribution in [0.5, 0.6) is 0 Å². The Morgan fingerprint density at radius 3 is 2.59 bits per heavy atom. The zero-order chi connectivity index (χ0) is 19.4. The molecule has 0 spiro atoms. The SMILES string of the molecule is CC(C)c1noc(-c2ccc(NC(=O)N(C)Cc3cccc(Cl)c3)cc2)n1. The zero-order valence-corrected chi connectivity index (χ0v) is 16.2. The molecule has 2 amide bonds. The molecule has 1 N–H and O–H groups in total. The summed E-state index contributed by atoms with van der Waals surface area (Å²) in [6.07, 6.45) is 0. The molecule has 3 rings (SSSR count). The molecule has 3 aromatic rings. The second kappa shape index (κ2) is 8.22. The fourth-order valence-electron chi connectivity index (χ4n) is 2.48. The van der Waals surface area contributed by atoms with Crippen LogP contribution in [-0.2, 0) is 6.54 Å². The smallest absolute Gasteiger partial charge is 0.321 e.